The highest BCUT2D eigenvalue weighted by Gasteiger charge is 2.03. The van der Waals surface area contributed by atoms with Crippen molar-refractivity contribution in [2.45, 2.75) is 33.7 Å². The molecule has 2 aromatic rings. The van der Waals surface area contributed by atoms with E-state index < -0.39 is 0 Å². The minimum absolute atomic E-state index is 0.625. The highest BCUT2D eigenvalue weighted by molar-refractivity contribution is 7.11. The zero-order valence-corrected chi connectivity index (χ0v) is 14.3. The van der Waals surface area contributed by atoms with Crippen LogP contribution in [0.25, 0.3) is 0 Å². The molecule has 0 aliphatic carbocycles. The molecule has 0 saturated heterocycles. The third-order valence-corrected chi connectivity index (χ3v) is 4.40. The lowest BCUT2D eigenvalue weighted by molar-refractivity contribution is 0.798. The van der Waals surface area contributed by atoms with Crippen molar-refractivity contribution in [1.29, 1.82) is 0 Å². The van der Waals surface area contributed by atoms with E-state index in [1.54, 1.807) is 11.3 Å². The molecule has 4 nitrogen and oxygen atoms in total. The molecule has 5 heteroatoms. The molecule has 0 atom stereocenters. The van der Waals surface area contributed by atoms with Gasteiger partial charge in [-0.3, -0.25) is 0 Å². The highest BCUT2D eigenvalue weighted by atomic mass is 32.1. The molecular formula is C17H24N4S. The first-order valence-electron chi connectivity index (χ1n) is 7.68. The molecular weight excluding hydrogens is 292 g/mol. The number of thiazole rings is 1. The van der Waals surface area contributed by atoms with Gasteiger partial charge in [-0.05, 0) is 32.8 Å². The maximum absolute atomic E-state index is 4.61. The van der Waals surface area contributed by atoms with Gasteiger partial charge in [0.2, 0.25) is 0 Å². The van der Waals surface area contributed by atoms with Crippen molar-refractivity contribution in [3.63, 3.8) is 0 Å². The Balaban J connectivity index is 1.87. The maximum atomic E-state index is 4.61. The number of aromatic nitrogens is 1. The second-order valence-electron chi connectivity index (χ2n) is 5.11. The second-order valence-corrected chi connectivity index (χ2v) is 6.39. The van der Waals surface area contributed by atoms with E-state index in [-0.39, 0.29) is 0 Å². The van der Waals surface area contributed by atoms with E-state index in [1.807, 2.05) is 13.0 Å². The van der Waals surface area contributed by atoms with Gasteiger partial charge in [0, 0.05) is 18.0 Å². The Labute approximate surface area is 136 Å². The van der Waals surface area contributed by atoms with Crippen LogP contribution in [0.2, 0.25) is 0 Å². The fourth-order valence-corrected chi connectivity index (χ4v) is 2.92. The van der Waals surface area contributed by atoms with Gasteiger partial charge < -0.3 is 10.6 Å². The van der Waals surface area contributed by atoms with Gasteiger partial charge in [0.05, 0.1) is 12.2 Å². The molecule has 0 unspecified atom stereocenters. The number of hydrogen-bond acceptors (Lipinski definition) is 3. The number of nitrogens with one attached hydrogen (secondary N) is 2. The smallest absolute Gasteiger partial charge is 0.191 e. The molecule has 2 rings (SSSR count). The van der Waals surface area contributed by atoms with Crippen LogP contribution >= 0.6 is 11.3 Å². The first-order chi connectivity index (χ1) is 10.7. The lowest BCUT2D eigenvalue weighted by atomic mass is 10.1. The largest absolute Gasteiger partial charge is 0.357 e. The van der Waals surface area contributed by atoms with E-state index >= 15 is 0 Å². The van der Waals surface area contributed by atoms with E-state index in [1.165, 1.54) is 10.4 Å². The summed E-state index contributed by atoms with van der Waals surface area (Å²) in [6.45, 7) is 8.57. The summed E-state index contributed by atoms with van der Waals surface area (Å²) in [6, 6.07) is 10.5. The molecule has 0 saturated carbocycles. The van der Waals surface area contributed by atoms with Gasteiger partial charge in [-0.15, -0.1) is 11.3 Å². The Bertz CT molecular complexity index is 585. The standard InChI is InChI=1S/C17H24N4S/c1-4-18-17(19-11-10-15-8-6-5-7-9-15)20-12-16-21-13(2)14(3)22-16/h5-9H,4,10-12H2,1-3H3,(H2,18,19,20). The molecule has 1 aromatic carbocycles. The number of benzene rings is 1. The van der Waals surface area contributed by atoms with Crippen molar-refractivity contribution >= 4 is 17.3 Å². The van der Waals surface area contributed by atoms with E-state index in [0.717, 1.165) is 36.2 Å². The molecule has 0 aliphatic rings. The highest BCUT2D eigenvalue weighted by Crippen LogP contribution is 2.16. The van der Waals surface area contributed by atoms with Gasteiger partial charge in [0.25, 0.3) is 0 Å². The Hall–Kier alpha value is -1.88. The lowest BCUT2D eigenvalue weighted by Crippen LogP contribution is -2.38. The van der Waals surface area contributed by atoms with Crippen molar-refractivity contribution in [1.82, 2.24) is 15.6 Å². The van der Waals surface area contributed by atoms with Crippen molar-refractivity contribution < 1.29 is 0 Å². The normalized spacial score (nSPS) is 11.5. The predicted molar refractivity (Wildman–Crippen MR) is 94.6 cm³/mol. The molecule has 0 spiro atoms. The number of aliphatic imine (C=N–C) groups is 1. The summed E-state index contributed by atoms with van der Waals surface area (Å²) in [5.41, 5.74) is 2.44. The Morgan fingerprint density at radius 3 is 2.59 bits per heavy atom. The SMILES string of the molecule is CCNC(=NCc1nc(C)c(C)s1)NCCc1ccccc1. The summed E-state index contributed by atoms with van der Waals surface area (Å²) in [5, 5.41) is 7.72. The Kier molecular flexibility index (Phi) is 6.40. The van der Waals surface area contributed by atoms with Gasteiger partial charge in [0.1, 0.15) is 5.01 Å². The minimum Gasteiger partial charge on any atom is -0.357 e. The van der Waals surface area contributed by atoms with E-state index in [4.69, 9.17) is 0 Å². The number of guanidine groups is 1. The molecule has 22 heavy (non-hydrogen) atoms. The third kappa shape index (κ3) is 5.15. The summed E-state index contributed by atoms with van der Waals surface area (Å²) in [6.07, 6.45) is 0.987. The predicted octanol–water partition coefficient (Wildman–Crippen LogP) is 3.06. The van der Waals surface area contributed by atoms with Crippen LogP contribution in [-0.2, 0) is 13.0 Å². The first-order valence-corrected chi connectivity index (χ1v) is 8.49. The zero-order chi connectivity index (χ0) is 15.8. The van der Waals surface area contributed by atoms with Gasteiger partial charge in [-0.25, -0.2) is 9.98 Å². The van der Waals surface area contributed by atoms with Crippen LogP contribution in [0.1, 0.15) is 28.1 Å². The monoisotopic (exact) mass is 316 g/mol. The van der Waals surface area contributed by atoms with Crippen LogP contribution in [0.4, 0.5) is 0 Å². The van der Waals surface area contributed by atoms with Crippen LogP contribution in [0.5, 0.6) is 0 Å². The molecule has 118 valence electrons. The topological polar surface area (TPSA) is 49.3 Å². The summed E-state index contributed by atoms with van der Waals surface area (Å²) in [5.74, 6) is 0.851. The summed E-state index contributed by atoms with van der Waals surface area (Å²) >= 11 is 1.72. The molecule has 0 aliphatic heterocycles. The second kappa shape index (κ2) is 8.54. The summed E-state index contributed by atoms with van der Waals surface area (Å²) < 4.78 is 0. The van der Waals surface area contributed by atoms with Crippen molar-refractivity contribution in [3.8, 4) is 0 Å². The molecule has 2 N–H and O–H groups in total. The van der Waals surface area contributed by atoms with Crippen molar-refractivity contribution in [3.05, 3.63) is 51.5 Å². The number of nitrogens with zero attached hydrogens (tertiary/aromatic N) is 2. The van der Waals surface area contributed by atoms with Gasteiger partial charge >= 0.3 is 0 Å². The van der Waals surface area contributed by atoms with Gasteiger partial charge in [-0.2, -0.15) is 0 Å². The third-order valence-electron chi connectivity index (χ3n) is 3.34. The van der Waals surface area contributed by atoms with Crippen molar-refractivity contribution in [2.75, 3.05) is 13.1 Å². The van der Waals surface area contributed by atoms with E-state index in [9.17, 15) is 0 Å². The van der Waals surface area contributed by atoms with Crippen LogP contribution in [0.3, 0.4) is 0 Å². The number of rotatable bonds is 6. The fraction of sp³-hybridized carbons (Fsp3) is 0.412. The first kappa shape index (κ1) is 16.5. The average Bonchev–Trinajstić information content (AvgIpc) is 2.84. The Morgan fingerprint density at radius 2 is 1.95 bits per heavy atom. The zero-order valence-electron chi connectivity index (χ0n) is 13.5. The van der Waals surface area contributed by atoms with E-state index in [2.05, 4.69) is 58.7 Å². The molecule has 1 aromatic heterocycles. The quantitative estimate of drug-likeness (QED) is 0.636. The molecule has 0 amide bonds. The molecule has 0 bridgehead atoms. The van der Waals surface area contributed by atoms with Gasteiger partial charge in [0.15, 0.2) is 5.96 Å². The van der Waals surface area contributed by atoms with Crippen molar-refractivity contribution in [2.24, 2.45) is 4.99 Å². The average molecular weight is 316 g/mol. The maximum Gasteiger partial charge on any atom is 0.191 e. The number of hydrogen-bond donors (Lipinski definition) is 2. The fourth-order valence-electron chi connectivity index (χ4n) is 2.07. The van der Waals surface area contributed by atoms with Crippen LogP contribution in [-0.4, -0.2) is 24.0 Å². The summed E-state index contributed by atoms with van der Waals surface area (Å²) in [4.78, 5) is 10.4. The Morgan fingerprint density at radius 1 is 1.18 bits per heavy atom. The molecule has 0 fully saturated rings. The lowest BCUT2D eigenvalue weighted by Gasteiger charge is -2.10. The van der Waals surface area contributed by atoms with Crippen LogP contribution in [0.15, 0.2) is 35.3 Å². The number of aryl methyl sites for hydroxylation is 2. The molecule has 1 heterocycles. The van der Waals surface area contributed by atoms with Crippen LogP contribution < -0.4 is 10.6 Å². The van der Waals surface area contributed by atoms with Gasteiger partial charge in [-0.1, -0.05) is 30.3 Å². The summed E-state index contributed by atoms with van der Waals surface area (Å²) in [7, 11) is 0. The minimum atomic E-state index is 0.625. The van der Waals surface area contributed by atoms with Crippen LogP contribution in [0, 0.1) is 13.8 Å². The molecule has 0 radical (unpaired) electrons. The van der Waals surface area contributed by atoms with E-state index in [0.29, 0.717) is 6.54 Å².